The lowest BCUT2D eigenvalue weighted by molar-refractivity contribution is -0.385. The maximum Gasteiger partial charge on any atom is 0.424 e. The summed E-state index contributed by atoms with van der Waals surface area (Å²) in [4.78, 5) is 32.4. The van der Waals surface area contributed by atoms with Crippen LogP contribution in [-0.4, -0.2) is 40.2 Å². The van der Waals surface area contributed by atoms with E-state index in [0.717, 1.165) is 5.01 Å². The molecule has 0 aliphatic carbocycles. The van der Waals surface area contributed by atoms with Crippen molar-refractivity contribution in [3.05, 3.63) is 39.9 Å². The van der Waals surface area contributed by atoms with Crippen LogP contribution in [0.25, 0.3) is 0 Å². The van der Waals surface area contributed by atoms with Crippen LogP contribution in [0.2, 0.25) is 0 Å². The number of carbonyl (C=O) groups is 2. The van der Waals surface area contributed by atoms with Gasteiger partial charge in [0.25, 0.3) is 5.69 Å². The number of amides is 1. The fourth-order valence-electron chi connectivity index (χ4n) is 1.50. The molecule has 9 nitrogen and oxygen atoms in total. The quantitative estimate of drug-likeness (QED) is 0.571. The van der Waals surface area contributed by atoms with Gasteiger partial charge in [-0.15, -0.1) is 0 Å². The average molecular weight is 297 g/mol. The molecule has 0 saturated heterocycles. The number of para-hydroxylation sites is 1. The van der Waals surface area contributed by atoms with E-state index in [-0.39, 0.29) is 24.4 Å². The molecular formula is C12H15N3O6. The molecule has 114 valence electrons. The first-order valence-corrected chi connectivity index (χ1v) is 6.07. The number of rotatable bonds is 7. The number of nitrogens with one attached hydrogen (secondary N) is 1. The van der Waals surface area contributed by atoms with Gasteiger partial charge in [-0.2, -0.15) is 0 Å². The largest absolute Gasteiger partial charge is 0.480 e. The monoisotopic (exact) mass is 297 g/mol. The molecule has 21 heavy (non-hydrogen) atoms. The summed E-state index contributed by atoms with van der Waals surface area (Å²) >= 11 is 0. The van der Waals surface area contributed by atoms with Crippen molar-refractivity contribution in [2.45, 2.75) is 13.5 Å². The van der Waals surface area contributed by atoms with Gasteiger partial charge in [0.2, 0.25) is 0 Å². The van der Waals surface area contributed by atoms with Crippen molar-refractivity contribution in [3.63, 3.8) is 0 Å². The normalized spacial score (nSPS) is 9.95. The van der Waals surface area contributed by atoms with Crippen molar-refractivity contribution in [3.8, 4) is 0 Å². The third-order valence-electron chi connectivity index (χ3n) is 2.50. The van der Waals surface area contributed by atoms with E-state index < -0.39 is 23.5 Å². The fourth-order valence-corrected chi connectivity index (χ4v) is 1.50. The predicted octanol–water partition coefficient (Wildman–Crippen LogP) is 1.14. The molecule has 0 aromatic heterocycles. The molecule has 0 spiro atoms. The molecule has 0 aliphatic rings. The second-order valence-electron chi connectivity index (χ2n) is 3.91. The number of nitro groups is 1. The highest BCUT2D eigenvalue weighted by Crippen LogP contribution is 2.18. The minimum Gasteiger partial charge on any atom is -0.480 e. The second kappa shape index (κ2) is 7.80. The van der Waals surface area contributed by atoms with Crippen LogP contribution in [0.4, 0.5) is 10.5 Å². The van der Waals surface area contributed by atoms with Crippen LogP contribution in [0.15, 0.2) is 24.3 Å². The number of carboxylic acid groups (broad SMARTS) is 1. The molecule has 0 fully saturated rings. The standard InChI is InChI=1S/C12H15N3O6/c1-2-14(13-7-11(16)17)12(18)21-8-9-5-3-4-6-10(9)15(19)20/h3-6,13H,2,7-8H2,1H3,(H,16,17). The minimum absolute atomic E-state index is 0.146. The Hall–Kier alpha value is -2.68. The van der Waals surface area contributed by atoms with Gasteiger partial charge in [-0.1, -0.05) is 12.1 Å². The van der Waals surface area contributed by atoms with Gasteiger partial charge in [0, 0.05) is 12.6 Å². The lowest BCUT2D eigenvalue weighted by Gasteiger charge is -2.20. The Kier molecular flexibility index (Phi) is 6.08. The highest BCUT2D eigenvalue weighted by atomic mass is 16.6. The molecule has 0 bridgehead atoms. The number of nitrogens with zero attached hydrogens (tertiary/aromatic N) is 2. The zero-order chi connectivity index (χ0) is 15.8. The fraction of sp³-hybridized carbons (Fsp3) is 0.333. The van der Waals surface area contributed by atoms with Gasteiger partial charge < -0.3 is 9.84 Å². The Labute approximate surface area is 120 Å². The Morgan fingerprint density at radius 3 is 2.67 bits per heavy atom. The maximum atomic E-state index is 11.7. The van der Waals surface area contributed by atoms with Crippen molar-refractivity contribution in [1.29, 1.82) is 0 Å². The summed E-state index contributed by atoms with van der Waals surface area (Å²) in [5.74, 6) is -1.13. The average Bonchev–Trinajstić information content (AvgIpc) is 2.45. The molecule has 9 heteroatoms. The highest BCUT2D eigenvalue weighted by molar-refractivity contribution is 5.71. The molecule has 0 heterocycles. The molecule has 1 aromatic carbocycles. The third kappa shape index (κ3) is 5.07. The summed E-state index contributed by atoms with van der Waals surface area (Å²) in [7, 11) is 0. The van der Waals surface area contributed by atoms with E-state index in [0.29, 0.717) is 0 Å². The SMILES string of the molecule is CCN(NCC(=O)O)C(=O)OCc1ccccc1[N+](=O)[O-]. The van der Waals surface area contributed by atoms with Crippen molar-refractivity contribution in [2.24, 2.45) is 0 Å². The van der Waals surface area contributed by atoms with Crippen LogP contribution in [0.3, 0.4) is 0 Å². The van der Waals surface area contributed by atoms with E-state index in [2.05, 4.69) is 5.43 Å². The summed E-state index contributed by atoms with van der Waals surface area (Å²) in [5, 5.41) is 20.3. The molecular weight excluding hydrogens is 282 g/mol. The van der Waals surface area contributed by atoms with Gasteiger partial charge >= 0.3 is 12.1 Å². The minimum atomic E-state index is -1.13. The number of hydrazine groups is 1. The molecule has 0 unspecified atom stereocenters. The first-order chi connectivity index (χ1) is 9.95. The van der Waals surface area contributed by atoms with Gasteiger partial charge in [-0.25, -0.2) is 15.2 Å². The van der Waals surface area contributed by atoms with E-state index in [9.17, 15) is 19.7 Å². The molecule has 1 aromatic rings. The van der Waals surface area contributed by atoms with Crippen molar-refractivity contribution in [1.82, 2.24) is 10.4 Å². The van der Waals surface area contributed by atoms with E-state index in [1.54, 1.807) is 13.0 Å². The molecule has 0 radical (unpaired) electrons. The number of aliphatic carboxylic acids is 1. The zero-order valence-corrected chi connectivity index (χ0v) is 11.3. The van der Waals surface area contributed by atoms with Crippen LogP contribution in [0.5, 0.6) is 0 Å². The van der Waals surface area contributed by atoms with Crippen molar-refractivity contribution in [2.75, 3.05) is 13.1 Å². The molecule has 0 saturated carbocycles. The first kappa shape index (κ1) is 16.4. The lowest BCUT2D eigenvalue weighted by atomic mass is 10.2. The van der Waals surface area contributed by atoms with E-state index >= 15 is 0 Å². The van der Waals surface area contributed by atoms with Gasteiger partial charge in [0.1, 0.15) is 13.2 Å². The first-order valence-electron chi connectivity index (χ1n) is 6.07. The van der Waals surface area contributed by atoms with Crippen molar-refractivity contribution >= 4 is 17.7 Å². The van der Waals surface area contributed by atoms with Crippen LogP contribution >= 0.6 is 0 Å². The number of carbonyl (C=O) groups excluding carboxylic acids is 1. The summed E-state index contributed by atoms with van der Waals surface area (Å²) in [6.07, 6.45) is -0.808. The van der Waals surface area contributed by atoms with Crippen LogP contribution < -0.4 is 5.43 Å². The van der Waals surface area contributed by atoms with Crippen LogP contribution in [-0.2, 0) is 16.1 Å². The van der Waals surface area contributed by atoms with Crippen molar-refractivity contribution < 1.29 is 24.4 Å². The van der Waals surface area contributed by atoms with Gasteiger partial charge in [-0.3, -0.25) is 14.9 Å². The van der Waals surface area contributed by atoms with E-state index in [4.69, 9.17) is 9.84 Å². The number of benzene rings is 1. The highest BCUT2D eigenvalue weighted by Gasteiger charge is 2.17. The predicted molar refractivity (Wildman–Crippen MR) is 71.3 cm³/mol. The molecule has 0 aliphatic heterocycles. The maximum absolute atomic E-state index is 11.7. The number of hydrogen-bond acceptors (Lipinski definition) is 6. The molecule has 1 amide bonds. The summed E-state index contributed by atoms with van der Waals surface area (Å²) in [6.45, 7) is 1.10. The van der Waals surface area contributed by atoms with Crippen LogP contribution in [0, 0.1) is 10.1 Å². The van der Waals surface area contributed by atoms with E-state index in [1.807, 2.05) is 0 Å². The Bertz CT molecular complexity index is 533. The Morgan fingerprint density at radius 2 is 2.10 bits per heavy atom. The smallest absolute Gasteiger partial charge is 0.424 e. The number of nitro benzene ring substituents is 1. The number of hydrogen-bond donors (Lipinski definition) is 2. The molecule has 1 rings (SSSR count). The topological polar surface area (TPSA) is 122 Å². The number of ether oxygens (including phenoxy) is 1. The van der Waals surface area contributed by atoms with Gasteiger partial charge in [0.05, 0.1) is 10.5 Å². The van der Waals surface area contributed by atoms with E-state index in [1.165, 1.54) is 18.2 Å². The summed E-state index contributed by atoms with van der Waals surface area (Å²) in [5.41, 5.74) is 2.48. The second-order valence-corrected chi connectivity index (χ2v) is 3.91. The number of carboxylic acids is 1. The lowest BCUT2D eigenvalue weighted by Crippen LogP contribution is -2.45. The Balaban J connectivity index is 2.63. The summed E-state index contributed by atoms with van der Waals surface area (Å²) in [6, 6.07) is 5.89. The van der Waals surface area contributed by atoms with Crippen LogP contribution in [0.1, 0.15) is 12.5 Å². The summed E-state index contributed by atoms with van der Waals surface area (Å²) < 4.78 is 4.93. The molecule has 2 N–H and O–H groups in total. The zero-order valence-electron chi connectivity index (χ0n) is 11.3. The Morgan fingerprint density at radius 1 is 1.43 bits per heavy atom. The van der Waals surface area contributed by atoms with Gasteiger partial charge in [-0.05, 0) is 13.0 Å². The molecule has 0 atom stereocenters. The van der Waals surface area contributed by atoms with Gasteiger partial charge in [0.15, 0.2) is 0 Å². The third-order valence-corrected chi connectivity index (χ3v) is 2.50.